The maximum absolute atomic E-state index is 14.3. The fourth-order valence-corrected chi connectivity index (χ4v) is 4.19. The largest absolute Gasteiger partial charge is 0.493 e. The number of hydrazone groups is 1. The molecule has 2 bridgehead atoms. The lowest BCUT2D eigenvalue weighted by atomic mass is 9.97. The van der Waals surface area contributed by atoms with Crippen molar-refractivity contribution in [3.8, 4) is 5.75 Å². The third-order valence-electron chi connectivity index (χ3n) is 5.21. The number of halogens is 1. The summed E-state index contributed by atoms with van der Waals surface area (Å²) in [6, 6.07) is 5.81. The van der Waals surface area contributed by atoms with Gasteiger partial charge in [-0.1, -0.05) is 6.92 Å². The average Bonchev–Trinajstić information content (AvgIpc) is 3.29. The van der Waals surface area contributed by atoms with E-state index < -0.39 is 5.82 Å². The Morgan fingerprint density at radius 2 is 2.22 bits per heavy atom. The van der Waals surface area contributed by atoms with Crippen molar-refractivity contribution in [1.82, 2.24) is 5.32 Å². The van der Waals surface area contributed by atoms with Crippen molar-refractivity contribution >= 4 is 17.7 Å². The van der Waals surface area contributed by atoms with Gasteiger partial charge in [-0.05, 0) is 50.6 Å². The van der Waals surface area contributed by atoms with Gasteiger partial charge >= 0.3 is 0 Å². The first kappa shape index (κ1) is 20.0. The SMILES string of the molecule is CCC/C(OC1CC2CCC1N2)=C(C)\C(=N\N)Oc1ccc(SC)cc1F. The smallest absolute Gasteiger partial charge is 0.242 e. The van der Waals surface area contributed by atoms with Crippen LogP contribution in [0.1, 0.15) is 46.0 Å². The van der Waals surface area contributed by atoms with Gasteiger partial charge in [-0.25, -0.2) is 4.39 Å². The monoisotopic (exact) mass is 393 g/mol. The number of hydrogen-bond donors (Lipinski definition) is 2. The third kappa shape index (κ3) is 4.58. The average molecular weight is 394 g/mol. The fraction of sp³-hybridized carbons (Fsp3) is 0.550. The van der Waals surface area contributed by atoms with E-state index in [9.17, 15) is 4.39 Å². The summed E-state index contributed by atoms with van der Waals surface area (Å²) in [6.45, 7) is 3.96. The van der Waals surface area contributed by atoms with Crippen molar-refractivity contribution in [3.63, 3.8) is 0 Å². The van der Waals surface area contributed by atoms with Crippen molar-refractivity contribution < 1.29 is 13.9 Å². The molecule has 1 aromatic carbocycles. The molecule has 148 valence electrons. The summed E-state index contributed by atoms with van der Waals surface area (Å²) in [7, 11) is 0. The number of fused-ring (bicyclic) bond motifs is 2. The maximum atomic E-state index is 14.3. The number of rotatable bonds is 7. The number of nitrogens with one attached hydrogen (secondary N) is 1. The molecule has 3 unspecified atom stereocenters. The summed E-state index contributed by atoms with van der Waals surface area (Å²) in [4.78, 5) is 0.831. The first-order chi connectivity index (χ1) is 13.0. The van der Waals surface area contributed by atoms with Crippen LogP contribution in [0.2, 0.25) is 0 Å². The van der Waals surface area contributed by atoms with Crippen molar-refractivity contribution in [3.05, 3.63) is 35.3 Å². The zero-order valence-corrected chi connectivity index (χ0v) is 16.9. The van der Waals surface area contributed by atoms with Crippen LogP contribution in [0.25, 0.3) is 0 Å². The van der Waals surface area contributed by atoms with E-state index in [0.717, 1.165) is 41.9 Å². The third-order valence-corrected chi connectivity index (χ3v) is 5.94. The molecule has 0 aliphatic carbocycles. The number of nitrogens with two attached hydrogens (primary N) is 1. The highest BCUT2D eigenvalue weighted by atomic mass is 32.2. The van der Waals surface area contributed by atoms with Crippen LogP contribution in [0.3, 0.4) is 0 Å². The van der Waals surface area contributed by atoms with Crippen LogP contribution < -0.4 is 15.9 Å². The topological polar surface area (TPSA) is 68.9 Å². The van der Waals surface area contributed by atoms with Crippen LogP contribution >= 0.6 is 11.8 Å². The number of allylic oxidation sites excluding steroid dienone is 1. The molecule has 7 heteroatoms. The molecule has 3 N–H and O–H groups in total. The highest BCUT2D eigenvalue weighted by molar-refractivity contribution is 7.98. The van der Waals surface area contributed by atoms with E-state index >= 15 is 0 Å². The summed E-state index contributed by atoms with van der Waals surface area (Å²) in [5.41, 5.74) is 0.718. The number of benzene rings is 1. The molecule has 3 rings (SSSR count). The molecule has 2 heterocycles. The highest BCUT2D eigenvalue weighted by Crippen LogP contribution is 2.33. The molecule has 3 atom stereocenters. The molecule has 5 nitrogen and oxygen atoms in total. The van der Waals surface area contributed by atoms with E-state index in [1.54, 1.807) is 12.1 Å². The Balaban J connectivity index is 1.78. The minimum atomic E-state index is -0.439. The first-order valence-corrected chi connectivity index (χ1v) is 10.7. The Hall–Kier alpha value is -1.73. The molecule has 0 saturated carbocycles. The minimum Gasteiger partial charge on any atom is -0.493 e. The number of hydrogen-bond acceptors (Lipinski definition) is 6. The first-order valence-electron chi connectivity index (χ1n) is 9.47. The van der Waals surface area contributed by atoms with Crippen LogP contribution in [-0.2, 0) is 4.74 Å². The lowest BCUT2D eigenvalue weighted by molar-refractivity contribution is 0.0862. The van der Waals surface area contributed by atoms with Crippen LogP contribution in [0, 0.1) is 5.82 Å². The predicted octanol–water partition coefficient (Wildman–Crippen LogP) is 4.18. The molecule has 2 fully saturated rings. The Bertz CT molecular complexity index is 738. The van der Waals surface area contributed by atoms with Gasteiger partial charge in [0.15, 0.2) is 11.6 Å². The predicted molar refractivity (Wildman–Crippen MR) is 107 cm³/mol. The van der Waals surface area contributed by atoms with Crippen LogP contribution in [0.4, 0.5) is 4.39 Å². The van der Waals surface area contributed by atoms with E-state index in [4.69, 9.17) is 15.3 Å². The summed E-state index contributed by atoms with van der Waals surface area (Å²) >= 11 is 1.47. The van der Waals surface area contributed by atoms with Gasteiger partial charge in [0.1, 0.15) is 11.9 Å². The molecule has 0 amide bonds. The van der Waals surface area contributed by atoms with Gasteiger partial charge in [0.25, 0.3) is 0 Å². The summed E-state index contributed by atoms with van der Waals surface area (Å²) in [5, 5.41) is 7.34. The van der Waals surface area contributed by atoms with E-state index in [0.29, 0.717) is 12.1 Å². The van der Waals surface area contributed by atoms with Crippen LogP contribution in [0.5, 0.6) is 5.75 Å². The number of thioether (sulfide) groups is 1. The zero-order chi connectivity index (χ0) is 19.4. The minimum absolute atomic E-state index is 0.105. The van der Waals surface area contributed by atoms with E-state index in [2.05, 4.69) is 17.3 Å². The van der Waals surface area contributed by atoms with Gasteiger partial charge in [0.2, 0.25) is 5.90 Å². The molecule has 2 aliphatic heterocycles. The second-order valence-corrected chi connectivity index (χ2v) is 7.95. The van der Waals surface area contributed by atoms with Gasteiger partial charge in [-0.15, -0.1) is 16.9 Å². The van der Waals surface area contributed by atoms with Crippen molar-refractivity contribution in [1.29, 1.82) is 0 Å². The second kappa shape index (κ2) is 8.97. The Labute approximate surface area is 164 Å². The summed E-state index contributed by atoms with van der Waals surface area (Å²) in [5.74, 6) is 6.24. The Kier molecular flexibility index (Phi) is 6.65. The van der Waals surface area contributed by atoms with Gasteiger partial charge in [-0.3, -0.25) is 0 Å². The lowest BCUT2D eigenvalue weighted by Crippen LogP contribution is -2.30. The summed E-state index contributed by atoms with van der Waals surface area (Å²) in [6.07, 6.45) is 7.14. The number of nitrogens with zero attached hydrogens (tertiary/aromatic N) is 1. The molecule has 2 saturated heterocycles. The zero-order valence-electron chi connectivity index (χ0n) is 16.1. The molecule has 2 aliphatic rings. The summed E-state index contributed by atoms with van der Waals surface area (Å²) < 4.78 is 26.3. The highest BCUT2D eigenvalue weighted by Gasteiger charge is 2.40. The molecule has 0 aromatic heterocycles. The molecule has 0 spiro atoms. The molecular formula is C20H28FN3O2S. The van der Waals surface area contributed by atoms with Crippen molar-refractivity contribution in [2.45, 2.75) is 69.0 Å². The maximum Gasteiger partial charge on any atom is 0.242 e. The van der Waals surface area contributed by atoms with E-state index in [1.807, 2.05) is 13.2 Å². The quantitative estimate of drug-likeness (QED) is 0.182. The Morgan fingerprint density at radius 3 is 2.78 bits per heavy atom. The number of ether oxygens (including phenoxy) is 2. The fourth-order valence-electron chi connectivity index (χ4n) is 3.76. The van der Waals surface area contributed by atoms with Crippen LogP contribution in [0.15, 0.2) is 39.5 Å². The second-order valence-electron chi connectivity index (χ2n) is 7.07. The van der Waals surface area contributed by atoms with Gasteiger partial charge in [0, 0.05) is 29.8 Å². The van der Waals surface area contributed by atoms with Crippen LogP contribution in [-0.4, -0.2) is 30.3 Å². The molecular weight excluding hydrogens is 365 g/mol. The molecule has 27 heavy (non-hydrogen) atoms. The van der Waals surface area contributed by atoms with Gasteiger partial charge in [0.05, 0.1) is 5.57 Å². The molecule has 0 radical (unpaired) electrons. The van der Waals surface area contributed by atoms with Crippen molar-refractivity contribution in [2.24, 2.45) is 10.9 Å². The Morgan fingerprint density at radius 1 is 1.41 bits per heavy atom. The van der Waals surface area contributed by atoms with E-state index in [1.165, 1.54) is 24.2 Å². The van der Waals surface area contributed by atoms with Crippen molar-refractivity contribution in [2.75, 3.05) is 6.26 Å². The normalized spacial score (nSPS) is 25.5. The lowest BCUT2D eigenvalue weighted by Gasteiger charge is -2.25. The van der Waals surface area contributed by atoms with Gasteiger partial charge < -0.3 is 20.6 Å². The molecule has 1 aromatic rings. The standard InChI is InChI=1S/C20H28FN3O2S/c1-4-5-17(25-19-10-13-6-8-16(19)23-13)12(2)20(24-22)26-18-9-7-14(27-3)11-15(18)21/h7,9,11,13,16,19,23H,4-6,8,10,22H2,1-3H3/b17-12+,24-20-. The van der Waals surface area contributed by atoms with Gasteiger partial charge in [-0.2, -0.15) is 0 Å². The van der Waals surface area contributed by atoms with E-state index in [-0.39, 0.29) is 17.8 Å².